The summed E-state index contributed by atoms with van der Waals surface area (Å²) in [5.74, 6) is 0.837. The molecule has 0 saturated carbocycles. The number of benzene rings is 1. The fourth-order valence-corrected chi connectivity index (χ4v) is 3.21. The number of nitrogens with one attached hydrogen (secondary N) is 1. The molecular weight excluding hydrogens is 263 g/mol. The molecule has 0 aromatic heterocycles. The minimum absolute atomic E-state index is 0.0329. The van der Waals surface area contributed by atoms with Crippen molar-refractivity contribution in [3.8, 4) is 5.75 Å². The average Bonchev–Trinajstić information content (AvgIpc) is 2.27. The zero-order valence-electron chi connectivity index (χ0n) is 9.83. The molecule has 0 aliphatic carbocycles. The number of thioether (sulfide) groups is 1. The maximum Gasteiger partial charge on any atom is 0.573 e. The number of alkyl halides is 3. The van der Waals surface area contributed by atoms with Gasteiger partial charge in [-0.15, -0.1) is 24.9 Å². The predicted octanol–water partition coefficient (Wildman–Crippen LogP) is 3.70. The second kappa shape index (κ2) is 5.40. The molecule has 6 heteroatoms. The van der Waals surface area contributed by atoms with E-state index < -0.39 is 6.36 Å². The van der Waals surface area contributed by atoms with Gasteiger partial charge in [-0.1, -0.05) is 12.1 Å². The van der Waals surface area contributed by atoms with Gasteiger partial charge in [0.05, 0.1) is 5.37 Å². The van der Waals surface area contributed by atoms with E-state index in [0.29, 0.717) is 6.04 Å². The lowest BCUT2D eigenvalue weighted by Gasteiger charge is -2.28. The summed E-state index contributed by atoms with van der Waals surface area (Å²) in [6, 6.07) is 6.52. The summed E-state index contributed by atoms with van der Waals surface area (Å²) >= 11 is 1.70. The van der Waals surface area contributed by atoms with Gasteiger partial charge in [-0.25, -0.2) is 0 Å². The summed E-state index contributed by atoms with van der Waals surface area (Å²) < 4.78 is 40.3. The molecule has 1 aromatic rings. The molecule has 0 spiro atoms. The van der Waals surface area contributed by atoms with Gasteiger partial charge in [0.25, 0.3) is 0 Å². The Morgan fingerprint density at radius 3 is 2.83 bits per heavy atom. The maximum atomic E-state index is 12.1. The number of ether oxygens (including phenoxy) is 1. The van der Waals surface area contributed by atoms with Gasteiger partial charge >= 0.3 is 6.36 Å². The van der Waals surface area contributed by atoms with E-state index in [-0.39, 0.29) is 11.1 Å². The van der Waals surface area contributed by atoms with Gasteiger partial charge in [-0.2, -0.15) is 0 Å². The number of hydrogen-bond acceptors (Lipinski definition) is 3. The van der Waals surface area contributed by atoms with Crippen LogP contribution in [0.5, 0.6) is 5.75 Å². The third-order valence-corrected chi connectivity index (χ3v) is 3.88. The molecule has 0 radical (unpaired) electrons. The lowest BCUT2D eigenvalue weighted by atomic mass is 10.2. The minimum atomic E-state index is -4.64. The highest BCUT2D eigenvalue weighted by Crippen LogP contribution is 2.33. The lowest BCUT2D eigenvalue weighted by Crippen LogP contribution is -2.33. The number of halogens is 3. The first-order valence-corrected chi connectivity index (χ1v) is 6.72. The molecule has 1 saturated heterocycles. The molecule has 18 heavy (non-hydrogen) atoms. The Morgan fingerprint density at radius 1 is 1.39 bits per heavy atom. The van der Waals surface area contributed by atoms with E-state index >= 15 is 0 Å². The van der Waals surface area contributed by atoms with Crippen LogP contribution in [-0.2, 0) is 0 Å². The van der Waals surface area contributed by atoms with Crippen molar-refractivity contribution >= 4 is 11.8 Å². The van der Waals surface area contributed by atoms with Crippen molar-refractivity contribution in [1.82, 2.24) is 5.32 Å². The van der Waals surface area contributed by atoms with E-state index in [4.69, 9.17) is 0 Å². The van der Waals surface area contributed by atoms with Crippen LogP contribution in [0.1, 0.15) is 24.3 Å². The number of rotatable bonds is 2. The molecular formula is C12H14F3NOS. The largest absolute Gasteiger partial charge is 0.573 e. The van der Waals surface area contributed by atoms with E-state index in [1.807, 2.05) is 6.07 Å². The maximum absolute atomic E-state index is 12.1. The van der Waals surface area contributed by atoms with Crippen LogP contribution in [0, 0.1) is 0 Å². The Bertz CT molecular complexity index is 411. The standard InChI is InChI=1S/C12H14F3NOS/c1-8-5-6-18-11(16-8)9-3-2-4-10(7-9)17-12(13,14)15/h2-4,7-8,11,16H,5-6H2,1H3. The molecule has 1 heterocycles. The average molecular weight is 277 g/mol. The van der Waals surface area contributed by atoms with E-state index in [2.05, 4.69) is 17.0 Å². The molecule has 1 aromatic carbocycles. The fraction of sp³-hybridized carbons (Fsp3) is 0.500. The van der Waals surface area contributed by atoms with Crippen LogP contribution in [-0.4, -0.2) is 18.2 Å². The first-order valence-electron chi connectivity index (χ1n) is 5.67. The Hall–Kier alpha value is -0.880. The Kier molecular flexibility index (Phi) is 4.07. The Labute approximate surface area is 108 Å². The quantitative estimate of drug-likeness (QED) is 0.890. The second-order valence-electron chi connectivity index (χ2n) is 4.23. The molecule has 2 rings (SSSR count). The highest BCUT2D eigenvalue weighted by atomic mass is 32.2. The monoisotopic (exact) mass is 277 g/mol. The third-order valence-electron chi connectivity index (χ3n) is 2.67. The van der Waals surface area contributed by atoms with Crippen LogP contribution in [0.2, 0.25) is 0 Å². The molecule has 2 unspecified atom stereocenters. The topological polar surface area (TPSA) is 21.3 Å². The van der Waals surface area contributed by atoms with Crippen LogP contribution in [0.3, 0.4) is 0 Å². The van der Waals surface area contributed by atoms with Crippen LogP contribution in [0.15, 0.2) is 24.3 Å². The highest BCUT2D eigenvalue weighted by Gasteiger charge is 2.31. The molecule has 0 bridgehead atoms. The molecule has 1 aliphatic heterocycles. The normalized spacial score (nSPS) is 24.9. The first-order chi connectivity index (χ1) is 8.44. The van der Waals surface area contributed by atoms with Gasteiger partial charge in [0.2, 0.25) is 0 Å². The van der Waals surface area contributed by atoms with Crippen LogP contribution < -0.4 is 10.1 Å². The summed E-state index contributed by atoms with van der Waals surface area (Å²) in [6.45, 7) is 2.07. The van der Waals surface area contributed by atoms with E-state index in [1.165, 1.54) is 12.1 Å². The SMILES string of the molecule is CC1CCSC(c2cccc(OC(F)(F)F)c2)N1. The molecule has 2 nitrogen and oxygen atoms in total. The predicted molar refractivity (Wildman–Crippen MR) is 65.5 cm³/mol. The smallest absolute Gasteiger partial charge is 0.406 e. The fourth-order valence-electron chi connectivity index (χ4n) is 1.82. The molecule has 2 atom stereocenters. The molecule has 100 valence electrons. The Morgan fingerprint density at radius 2 is 2.17 bits per heavy atom. The third kappa shape index (κ3) is 3.81. The zero-order chi connectivity index (χ0) is 13.2. The van der Waals surface area contributed by atoms with Crippen molar-refractivity contribution < 1.29 is 17.9 Å². The number of hydrogen-bond donors (Lipinski definition) is 1. The van der Waals surface area contributed by atoms with Gasteiger partial charge < -0.3 is 4.74 Å². The molecule has 1 aliphatic rings. The molecule has 0 amide bonds. The van der Waals surface area contributed by atoms with Crippen molar-refractivity contribution in [2.45, 2.75) is 31.1 Å². The van der Waals surface area contributed by atoms with Gasteiger partial charge in [0.1, 0.15) is 5.75 Å². The van der Waals surface area contributed by atoms with Gasteiger partial charge in [0.15, 0.2) is 0 Å². The van der Waals surface area contributed by atoms with E-state index in [1.54, 1.807) is 17.8 Å². The molecule has 1 fully saturated rings. The van der Waals surface area contributed by atoms with Crippen LogP contribution in [0.4, 0.5) is 13.2 Å². The van der Waals surface area contributed by atoms with E-state index in [0.717, 1.165) is 17.7 Å². The molecule has 1 N–H and O–H groups in total. The summed E-state index contributed by atoms with van der Waals surface area (Å²) in [7, 11) is 0. The summed E-state index contributed by atoms with van der Waals surface area (Å²) in [6.07, 6.45) is -3.57. The van der Waals surface area contributed by atoms with Crippen molar-refractivity contribution in [2.75, 3.05) is 5.75 Å². The highest BCUT2D eigenvalue weighted by molar-refractivity contribution is 7.99. The van der Waals surface area contributed by atoms with Gasteiger partial charge in [0, 0.05) is 6.04 Å². The van der Waals surface area contributed by atoms with Crippen molar-refractivity contribution in [3.05, 3.63) is 29.8 Å². The van der Waals surface area contributed by atoms with Crippen molar-refractivity contribution in [2.24, 2.45) is 0 Å². The van der Waals surface area contributed by atoms with E-state index in [9.17, 15) is 13.2 Å². The lowest BCUT2D eigenvalue weighted by molar-refractivity contribution is -0.274. The van der Waals surface area contributed by atoms with Gasteiger partial charge in [-0.05, 0) is 36.8 Å². The second-order valence-corrected chi connectivity index (χ2v) is 5.44. The summed E-state index contributed by atoms with van der Waals surface area (Å²) in [4.78, 5) is 0. The van der Waals surface area contributed by atoms with Gasteiger partial charge in [-0.3, -0.25) is 5.32 Å². The summed E-state index contributed by atoms with van der Waals surface area (Å²) in [5, 5.41) is 3.38. The van der Waals surface area contributed by atoms with Crippen LogP contribution in [0.25, 0.3) is 0 Å². The first kappa shape index (κ1) is 13.5. The van der Waals surface area contributed by atoms with Crippen molar-refractivity contribution in [1.29, 1.82) is 0 Å². The zero-order valence-corrected chi connectivity index (χ0v) is 10.6. The van der Waals surface area contributed by atoms with Crippen LogP contribution >= 0.6 is 11.8 Å². The summed E-state index contributed by atoms with van der Waals surface area (Å²) in [5.41, 5.74) is 0.813. The minimum Gasteiger partial charge on any atom is -0.406 e. The van der Waals surface area contributed by atoms with Crippen molar-refractivity contribution in [3.63, 3.8) is 0 Å². The Balaban J connectivity index is 2.11.